The van der Waals surface area contributed by atoms with Crippen LogP contribution in [0.2, 0.25) is 0 Å². The lowest BCUT2D eigenvalue weighted by Crippen LogP contribution is -2.15. The minimum absolute atomic E-state index is 0.201. The lowest BCUT2D eigenvalue weighted by Gasteiger charge is -2.13. The molecule has 1 aromatic rings. The van der Waals surface area contributed by atoms with Crippen molar-refractivity contribution in [3.8, 4) is 0 Å². The Morgan fingerprint density at radius 3 is 2.50 bits per heavy atom. The summed E-state index contributed by atoms with van der Waals surface area (Å²) in [4.78, 5) is 2.58. The molecule has 0 heterocycles. The van der Waals surface area contributed by atoms with E-state index in [2.05, 4.69) is 24.3 Å². The summed E-state index contributed by atoms with van der Waals surface area (Å²) in [7, 11) is 0.943. The van der Waals surface area contributed by atoms with Gasteiger partial charge in [-0.1, -0.05) is 19.1 Å². The zero-order chi connectivity index (χ0) is 15.0. The van der Waals surface area contributed by atoms with Crippen molar-refractivity contribution < 1.29 is 8.42 Å². The molecule has 0 bridgehead atoms. The van der Waals surface area contributed by atoms with Crippen LogP contribution >= 0.6 is 0 Å². The minimum Gasteiger partial charge on any atom is -0.384 e. The van der Waals surface area contributed by atoms with E-state index in [0.29, 0.717) is 11.3 Å². The van der Waals surface area contributed by atoms with Crippen molar-refractivity contribution in [2.75, 3.05) is 38.3 Å². The molecule has 4 nitrogen and oxygen atoms in total. The number of para-hydroxylation sites is 1. The van der Waals surface area contributed by atoms with Crippen LogP contribution in [0.4, 0.5) is 5.69 Å². The van der Waals surface area contributed by atoms with Crippen molar-refractivity contribution in [1.82, 2.24) is 4.90 Å². The molecule has 0 aliphatic carbocycles. The van der Waals surface area contributed by atoms with E-state index in [1.165, 1.54) is 0 Å². The van der Waals surface area contributed by atoms with Crippen molar-refractivity contribution in [3.05, 3.63) is 24.3 Å². The van der Waals surface area contributed by atoms with E-state index in [1.807, 2.05) is 19.1 Å². The number of anilines is 1. The molecule has 1 aromatic carbocycles. The number of nitrogens with zero attached hydrogens (tertiary/aromatic N) is 1. The SMILES string of the molecule is CCCS(=O)(=O)c1ccccc1NCCCCN(C)C. The Labute approximate surface area is 123 Å². The molecule has 1 N–H and O–H groups in total. The van der Waals surface area contributed by atoms with Crippen LogP contribution in [0.5, 0.6) is 0 Å². The molecule has 0 atom stereocenters. The molecular formula is C15H26N2O2S. The predicted octanol–water partition coefficient (Wildman–Crippen LogP) is 2.62. The van der Waals surface area contributed by atoms with Crippen LogP contribution in [0.15, 0.2) is 29.2 Å². The van der Waals surface area contributed by atoms with Crippen LogP contribution in [0, 0.1) is 0 Å². The predicted molar refractivity (Wildman–Crippen MR) is 85.1 cm³/mol. The van der Waals surface area contributed by atoms with Gasteiger partial charge in [0.15, 0.2) is 9.84 Å². The Bertz CT molecular complexity index is 498. The molecule has 0 unspecified atom stereocenters. The Morgan fingerprint density at radius 1 is 1.15 bits per heavy atom. The summed E-state index contributed by atoms with van der Waals surface area (Å²) in [5.74, 6) is 0.201. The molecule has 0 aliphatic rings. The van der Waals surface area contributed by atoms with E-state index in [9.17, 15) is 8.42 Å². The second-order valence-electron chi connectivity index (χ2n) is 5.25. The van der Waals surface area contributed by atoms with Gasteiger partial charge in [-0.05, 0) is 52.0 Å². The smallest absolute Gasteiger partial charge is 0.180 e. The van der Waals surface area contributed by atoms with Crippen LogP contribution in [-0.2, 0) is 9.84 Å². The summed E-state index contributed by atoms with van der Waals surface area (Å²) in [6.45, 7) is 3.73. The zero-order valence-corrected chi connectivity index (χ0v) is 13.5. The maximum absolute atomic E-state index is 12.2. The molecule has 0 saturated heterocycles. The van der Waals surface area contributed by atoms with Crippen LogP contribution in [0.1, 0.15) is 26.2 Å². The molecule has 0 aromatic heterocycles. The zero-order valence-electron chi connectivity index (χ0n) is 12.7. The molecule has 5 heteroatoms. The molecular weight excluding hydrogens is 272 g/mol. The molecule has 0 saturated carbocycles. The molecule has 0 radical (unpaired) electrons. The van der Waals surface area contributed by atoms with Gasteiger partial charge in [0.25, 0.3) is 0 Å². The summed E-state index contributed by atoms with van der Waals surface area (Å²) < 4.78 is 24.4. The quantitative estimate of drug-likeness (QED) is 0.712. The van der Waals surface area contributed by atoms with Gasteiger partial charge < -0.3 is 10.2 Å². The number of sulfone groups is 1. The maximum atomic E-state index is 12.2. The Balaban J connectivity index is 2.63. The minimum atomic E-state index is -3.17. The van der Waals surface area contributed by atoms with Gasteiger partial charge in [0.1, 0.15) is 0 Å². The first-order valence-electron chi connectivity index (χ1n) is 7.17. The largest absolute Gasteiger partial charge is 0.384 e. The number of hydrogen-bond acceptors (Lipinski definition) is 4. The molecule has 20 heavy (non-hydrogen) atoms. The van der Waals surface area contributed by atoms with Gasteiger partial charge in [-0.25, -0.2) is 8.42 Å². The van der Waals surface area contributed by atoms with Crippen molar-refractivity contribution in [1.29, 1.82) is 0 Å². The first-order valence-corrected chi connectivity index (χ1v) is 8.83. The van der Waals surface area contributed by atoms with Crippen LogP contribution < -0.4 is 5.32 Å². The highest BCUT2D eigenvalue weighted by Crippen LogP contribution is 2.22. The van der Waals surface area contributed by atoms with E-state index in [-0.39, 0.29) is 5.75 Å². The fourth-order valence-corrected chi connectivity index (χ4v) is 3.56. The first kappa shape index (κ1) is 17.0. The van der Waals surface area contributed by atoms with Gasteiger partial charge in [-0.3, -0.25) is 0 Å². The fraction of sp³-hybridized carbons (Fsp3) is 0.600. The van der Waals surface area contributed by atoms with Crippen molar-refractivity contribution >= 4 is 15.5 Å². The van der Waals surface area contributed by atoms with Gasteiger partial charge in [-0.2, -0.15) is 0 Å². The van der Waals surface area contributed by atoms with E-state index >= 15 is 0 Å². The summed E-state index contributed by atoms with van der Waals surface area (Å²) in [5.41, 5.74) is 0.728. The second-order valence-corrected chi connectivity index (χ2v) is 7.33. The van der Waals surface area contributed by atoms with E-state index in [4.69, 9.17) is 0 Å². The van der Waals surface area contributed by atoms with E-state index in [0.717, 1.165) is 31.6 Å². The Hall–Kier alpha value is -1.07. The highest BCUT2D eigenvalue weighted by atomic mass is 32.2. The van der Waals surface area contributed by atoms with Gasteiger partial charge in [0, 0.05) is 6.54 Å². The van der Waals surface area contributed by atoms with Crippen molar-refractivity contribution in [2.24, 2.45) is 0 Å². The second kappa shape index (κ2) is 8.27. The molecule has 0 amide bonds. The lowest BCUT2D eigenvalue weighted by atomic mass is 10.2. The summed E-state index contributed by atoms with van der Waals surface area (Å²) in [5, 5.41) is 3.25. The molecule has 0 spiro atoms. The average molecular weight is 298 g/mol. The highest BCUT2D eigenvalue weighted by Gasteiger charge is 2.16. The maximum Gasteiger partial charge on any atom is 0.180 e. The molecule has 0 fully saturated rings. The topological polar surface area (TPSA) is 49.4 Å². The van der Waals surface area contributed by atoms with Gasteiger partial charge in [0.2, 0.25) is 0 Å². The summed E-state index contributed by atoms with van der Waals surface area (Å²) in [6, 6.07) is 7.18. The third-order valence-electron chi connectivity index (χ3n) is 3.04. The normalized spacial score (nSPS) is 11.8. The fourth-order valence-electron chi connectivity index (χ4n) is 2.04. The van der Waals surface area contributed by atoms with Gasteiger partial charge in [0.05, 0.1) is 16.3 Å². The molecule has 114 valence electrons. The van der Waals surface area contributed by atoms with Gasteiger partial charge in [-0.15, -0.1) is 0 Å². The third-order valence-corrected chi connectivity index (χ3v) is 5.01. The average Bonchev–Trinajstić information content (AvgIpc) is 2.38. The first-order chi connectivity index (χ1) is 9.47. The van der Waals surface area contributed by atoms with E-state index in [1.54, 1.807) is 12.1 Å². The van der Waals surface area contributed by atoms with Crippen molar-refractivity contribution in [3.63, 3.8) is 0 Å². The number of benzene rings is 1. The Morgan fingerprint density at radius 2 is 1.85 bits per heavy atom. The van der Waals surface area contributed by atoms with Crippen LogP contribution in [0.3, 0.4) is 0 Å². The number of hydrogen-bond donors (Lipinski definition) is 1. The van der Waals surface area contributed by atoms with E-state index < -0.39 is 9.84 Å². The summed E-state index contributed by atoms with van der Waals surface area (Å²) in [6.07, 6.45) is 2.77. The number of rotatable bonds is 9. The molecule has 1 rings (SSSR count). The monoisotopic (exact) mass is 298 g/mol. The highest BCUT2D eigenvalue weighted by molar-refractivity contribution is 7.91. The standard InChI is InChI=1S/C15H26N2O2S/c1-4-13-20(18,19)15-10-6-5-9-14(15)16-11-7-8-12-17(2)3/h5-6,9-10,16H,4,7-8,11-13H2,1-3H3. The summed E-state index contributed by atoms with van der Waals surface area (Å²) >= 11 is 0. The number of unbranched alkanes of at least 4 members (excludes halogenated alkanes) is 1. The van der Waals surface area contributed by atoms with Crippen LogP contribution in [-0.4, -0.2) is 46.3 Å². The van der Waals surface area contributed by atoms with Crippen molar-refractivity contribution in [2.45, 2.75) is 31.1 Å². The Kier molecular flexibility index (Phi) is 7.02. The third kappa shape index (κ3) is 5.51. The van der Waals surface area contributed by atoms with Gasteiger partial charge >= 0.3 is 0 Å². The molecule has 0 aliphatic heterocycles. The lowest BCUT2D eigenvalue weighted by molar-refractivity contribution is 0.396. The van der Waals surface area contributed by atoms with Crippen LogP contribution in [0.25, 0.3) is 0 Å². The number of nitrogens with one attached hydrogen (secondary N) is 1.